The Bertz CT molecular complexity index is 817. The maximum absolute atomic E-state index is 12.2. The highest BCUT2D eigenvalue weighted by Crippen LogP contribution is 2.43. The Labute approximate surface area is 175 Å². The number of carbonyl (C=O) groups excluding carboxylic acids is 2. The number of hydrogen-bond donors (Lipinski definition) is 0. The Hall–Kier alpha value is -1.44. The Kier molecular flexibility index (Phi) is 7.26. The number of ketones is 1. The molecule has 4 nitrogen and oxygen atoms in total. The summed E-state index contributed by atoms with van der Waals surface area (Å²) in [7, 11) is 1.56. The molecule has 0 spiro atoms. The van der Waals surface area contributed by atoms with Gasteiger partial charge in [-0.05, 0) is 69.8 Å². The molecule has 2 aromatic rings. The van der Waals surface area contributed by atoms with E-state index in [1.807, 2.05) is 35.7 Å². The van der Waals surface area contributed by atoms with Crippen molar-refractivity contribution in [3.8, 4) is 5.75 Å². The topological polar surface area (TPSA) is 52.6 Å². The molecule has 1 saturated heterocycles. The number of thioether (sulfide) groups is 2. The largest absolute Gasteiger partial charge is 0.496 e. The molecular weight excluding hydrogens is 448 g/mol. The van der Waals surface area contributed by atoms with E-state index in [4.69, 9.17) is 9.47 Å². The van der Waals surface area contributed by atoms with Crippen molar-refractivity contribution in [2.45, 2.75) is 11.0 Å². The van der Waals surface area contributed by atoms with E-state index < -0.39 is 5.97 Å². The van der Waals surface area contributed by atoms with Crippen LogP contribution in [0.3, 0.4) is 0 Å². The van der Waals surface area contributed by atoms with Crippen molar-refractivity contribution in [3.05, 3.63) is 63.6 Å². The van der Waals surface area contributed by atoms with Crippen LogP contribution in [0.2, 0.25) is 0 Å². The van der Waals surface area contributed by atoms with Crippen molar-refractivity contribution in [2.75, 3.05) is 25.2 Å². The highest BCUT2D eigenvalue weighted by Gasteiger charge is 2.18. The second-order valence-electron chi connectivity index (χ2n) is 5.90. The van der Waals surface area contributed by atoms with Gasteiger partial charge in [-0.15, -0.1) is 23.5 Å². The van der Waals surface area contributed by atoms with Crippen LogP contribution in [0.15, 0.2) is 46.9 Å². The molecule has 0 aliphatic carbocycles. The summed E-state index contributed by atoms with van der Waals surface area (Å²) in [5.41, 5.74) is 2.12. The smallest absolute Gasteiger partial charge is 0.338 e. The first kappa shape index (κ1) is 20.3. The molecule has 2 aromatic carbocycles. The van der Waals surface area contributed by atoms with Gasteiger partial charge in [0.05, 0.1) is 21.7 Å². The summed E-state index contributed by atoms with van der Waals surface area (Å²) in [4.78, 5) is 24.5. The van der Waals surface area contributed by atoms with E-state index in [9.17, 15) is 9.59 Å². The second-order valence-corrected chi connectivity index (χ2v) is 9.48. The monoisotopic (exact) mass is 466 g/mol. The fourth-order valence-corrected chi connectivity index (χ4v) is 6.03. The van der Waals surface area contributed by atoms with Gasteiger partial charge in [-0.1, -0.05) is 12.1 Å². The highest BCUT2D eigenvalue weighted by atomic mass is 79.9. The number of rotatable bonds is 6. The number of ether oxygens (including phenoxy) is 2. The first-order valence-electron chi connectivity index (χ1n) is 8.45. The van der Waals surface area contributed by atoms with Crippen molar-refractivity contribution in [1.29, 1.82) is 0 Å². The number of esters is 1. The number of carbonyl (C=O) groups is 2. The summed E-state index contributed by atoms with van der Waals surface area (Å²) in [6.07, 6.45) is 1.25. The fraction of sp³-hybridized carbons (Fsp3) is 0.300. The fourth-order valence-electron chi connectivity index (χ4n) is 2.59. The summed E-state index contributed by atoms with van der Waals surface area (Å²) >= 11 is 7.21. The quantitative estimate of drug-likeness (QED) is 0.421. The van der Waals surface area contributed by atoms with Gasteiger partial charge in [0.2, 0.25) is 0 Å². The van der Waals surface area contributed by atoms with Crippen molar-refractivity contribution >= 4 is 51.2 Å². The maximum Gasteiger partial charge on any atom is 0.338 e. The predicted molar refractivity (Wildman–Crippen MR) is 114 cm³/mol. The zero-order valence-corrected chi connectivity index (χ0v) is 18.0. The van der Waals surface area contributed by atoms with Crippen molar-refractivity contribution in [1.82, 2.24) is 0 Å². The predicted octanol–water partition coefficient (Wildman–Crippen LogP) is 5.37. The van der Waals surface area contributed by atoms with Crippen LogP contribution in [0, 0.1) is 0 Å². The SMILES string of the molecule is COc1ccc(C(=O)COC(=O)c2ccc(C3SCCCS3)cc2)cc1Br. The first-order valence-corrected chi connectivity index (χ1v) is 11.3. The van der Waals surface area contributed by atoms with Crippen LogP contribution in [0.1, 0.15) is 37.3 Å². The average molecular weight is 467 g/mol. The molecule has 1 fully saturated rings. The van der Waals surface area contributed by atoms with Crippen LogP contribution < -0.4 is 4.74 Å². The van der Waals surface area contributed by atoms with Gasteiger partial charge in [-0.25, -0.2) is 4.79 Å². The number of hydrogen-bond acceptors (Lipinski definition) is 6. The molecule has 1 aliphatic rings. The summed E-state index contributed by atoms with van der Waals surface area (Å²) in [6, 6.07) is 12.5. The third-order valence-corrected chi connectivity index (χ3v) is 7.69. The normalized spacial score (nSPS) is 14.6. The molecule has 3 rings (SSSR count). The lowest BCUT2D eigenvalue weighted by Gasteiger charge is -2.21. The van der Waals surface area contributed by atoms with Crippen molar-refractivity contribution in [3.63, 3.8) is 0 Å². The molecule has 0 atom stereocenters. The van der Waals surface area contributed by atoms with Crippen LogP contribution in [-0.2, 0) is 4.74 Å². The van der Waals surface area contributed by atoms with Gasteiger partial charge in [0.1, 0.15) is 5.75 Å². The molecule has 0 amide bonds. The Morgan fingerprint density at radius 2 is 1.74 bits per heavy atom. The minimum absolute atomic E-state index is 0.265. The van der Waals surface area contributed by atoms with Gasteiger partial charge < -0.3 is 9.47 Å². The van der Waals surface area contributed by atoms with Crippen LogP contribution in [0.25, 0.3) is 0 Å². The van der Waals surface area contributed by atoms with Gasteiger partial charge in [-0.3, -0.25) is 4.79 Å². The minimum atomic E-state index is -0.494. The van der Waals surface area contributed by atoms with Crippen LogP contribution >= 0.6 is 39.5 Å². The lowest BCUT2D eigenvalue weighted by molar-refractivity contribution is 0.0474. The van der Waals surface area contributed by atoms with E-state index >= 15 is 0 Å². The third-order valence-electron chi connectivity index (χ3n) is 4.05. The molecule has 0 saturated carbocycles. The molecule has 0 N–H and O–H groups in total. The Morgan fingerprint density at radius 1 is 1.07 bits per heavy atom. The maximum atomic E-state index is 12.2. The van der Waals surface area contributed by atoms with Crippen LogP contribution in [-0.4, -0.2) is 37.0 Å². The molecular formula is C20H19BrO4S2. The van der Waals surface area contributed by atoms with E-state index in [1.165, 1.54) is 23.5 Å². The number of Topliss-reactive ketones (excluding diaryl/α,β-unsaturated/α-hetero) is 1. The zero-order chi connectivity index (χ0) is 19.2. The summed E-state index contributed by atoms with van der Waals surface area (Å²) < 4.78 is 11.4. The molecule has 0 aromatic heterocycles. The standard InChI is InChI=1S/C20H19BrO4S2/c1-24-18-8-7-15(11-16(18)21)17(22)12-25-19(23)13-3-5-14(6-4-13)20-26-9-2-10-27-20/h3-8,11,20H,2,9-10,12H2,1H3. The number of halogens is 1. The molecule has 27 heavy (non-hydrogen) atoms. The van der Waals surface area contributed by atoms with E-state index in [2.05, 4.69) is 15.9 Å². The molecule has 0 radical (unpaired) electrons. The van der Waals surface area contributed by atoms with Gasteiger partial charge >= 0.3 is 5.97 Å². The van der Waals surface area contributed by atoms with Crippen molar-refractivity contribution in [2.24, 2.45) is 0 Å². The molecule has 1 heterocycles. The van der Waals surface area contributed by atoms with E-state index in [0.29, 0.717) is 25.9 Å². The Morgan fingerprint density at radius 3 is 2.37 bits per heavy atom. The van der Waals surface area contributed by atoms with Gasteiger partial charge in [0.25, 0.3) is 0 Å². The van der Waals surface area contributed by atoms with Crippen molar-refractivity contribution < 1.29 is 19.1 Å². The van der Waals surface area contributed by atoms with Gasteiger partial charge in [0, 0.05) is 5.56 Å². The number of methoxy groups -OCH3 is 1. The summed E-state index contributed by atoms with van der Waals surface area (Å²) in [6.45, 7) is -0.298. The van der Waals surface area contributed by atoms with E-state index in [1.54, 1.807) is 37.4 Å². The van der Waals surface area contributed by atoms with E-state index in [0.717, 1.165) is 0 Å². The first-order chi connectivity index (χ1) is 13.1. The van der Waals surface area contributed by atoms with Gasteiger partial charge in [-0.2, -0.15) is 0 Å². The van der Waals surface area contributed by atoms with Gasteiger partial charge in [0.15, 0.2) is 12.4 Å². The third kappa shape index (κ3) is 5.30. The molecule has 0 bridgehead atoms. The molecule has 7 heteroatoms. The molecule has 0 unspecified atom stereocenters. The zero-order valence-electron chi connectivity index (χ0n) is 14.8. The second kappa shape index (κ2) is 9.66. The minimum Gasteiger partial charge on any atom is -0.496 e. The Balaban J connectivity index is 1.57. The summed E-state index contributed by atoms with van der Waals surface area (Å²) in [5.74, 6) is 2.22. The lowest BCUT2D eigenvalue weighted by Crippen LogP contribution is -2.14. The van der Waals surface area contributed by atoms with Crippen LogP contribution in [0.5, 0.6) is 5.75 Å². The average Bonchev–Trinajstić information content (AvgIpc) is 2.72. The number of benzene rings is 2. The van der Waals surface area contributed by atoms with Crippen LogP contribution in [0.4, 0.5) is 0 Å². The highest BCUT2D eigenvalue weighted by molar-refractivity contribution is 9.10. The van der Waals surface area contributed by atoms with E-state index in [-0.39, 0.29) is 12.4 Å². The molecule has 142 valence electrons. The molecule has 1 aliphatic heterocycles. The summed E-state index contributed by atoms with van der Waals surface area (Å²) in [5, 5.41) is 0. The lowest BCUT2D eigenvalue weighted by atomic mass is 10.1.